The van der Waals surface area contributed by atoms with Gasteiger partial charge in [-0.3, -0.25) is 0 Å². The molecule has 0 aliphatic rings. The van der Waals surface area contributed by atoms with Crippen molar-refractivity contribution in [1.82, 2.24) is 0 Å². The number of rotatable bonds is 4. The highest BCUT2D eigenvalue weighted by molar-refractivity contribution is 7.95. The normalized spacial score (nSPS) is 12.2. The number of hydrogen-bond acceptors (Lipinski definition) is 3. The summed E-state index contributed by atoms with van der Waals surface area (Å²) in [5, 5.41) is -1.21. The summed E-state index contributed by atoms with van der Waals surface area (Å²) in [5.41, 5.74) is 1.27. The minimum atomic E-state index is -4.14. The average Bonchev–Trinajstić information content (AvgIpc) is 2.48. The lowest BCUT2D eigenvalue weighted by atomic mass is 10.2. The molecule has 110 valence electrons. The van der Waals surface area contributed by atoms with Gasteiger partial charge in [0.05, 0.1) is 12.0 Å². The van der Waals surface area contributed by atoms with Crippen molar-refractivity contribution in [2.75, 3.05) is 7.11 Å². The van der Waals surface area contributed by atoms with Gasteiger partial charge in [-0.15, -0.1) is 0 Å². The molecule has 5 heteroatoms. The van der Waals surface area contributed by atoms with Gasteiger partial charge in [-0.2, -0.15) is 4.39 Å². The third kappa shape index (κ3) is 3.31. The molecule has 3 nitrogen and oxygen atoms in total. The summed E-state index contributed by atoms with van der Waals surface area (Å²) in [6.07, 6.45) is 0.966. The van der Waals surface area contributed by atoms with Crippen molar-refractivity contribution in [3.8, 4) is 5.75 Å². The summed E-state index contributed by atoms with van der Waals surface area (Å²) in [4.78, 5) is -0.0725. The first-order valence-electron chi connectivity index (χ1n) is 6.27. The molecule has 0 saturated heterocycles. The van der Waals surface area contributed by atoms with E-state index in [1.165, 1.54) is 19.2 Å². The topological polar surface area (TPSA) is 43.4 Å². The third-order valence-electron chi connectivity index (χ3n) is 3.00. The quantitative estimate of drug-likeness (QED) is 0.864. The maximum atomic E-state index is 14.2. The van der Waals surface area contributed by atoms with Crippen LogP contribution in [0.25, 0.3) is 6.08 Å². The largest absolute Gasteiger partial charge is 0.496 e. The van der Waals surface area contributed by atoms with Crippen LogP contribution >= 0.6 is 0 Å². The summed E-state index contributed by atoms with van der Waals surface area (Å²) < 4.78 is 43.6. The Kier molecular flexibility index (Phi) is 4.43. The van der Waals surface area contributed by atoms with Gasteiger partial charge in [-0.05, 0) is 31.2 Å². The molecule has 0 aromatic heterocycles. The second-order valence-corrected chi connectivity index (χ2v) is 6.38. The number of methoxy groups -OCH3 is 1. The average molecular weight is 306 g/mol. The highest BCUT2D eigenvalue weighted by Gasteiger charge is 2.21. The maximum absolute atomic E-state index is 14.2. The van der Waals surface area contributed by atoms with Gasteiger partial charge >= 0.3 is 0 Å². The van der Waals surface area contributed by atoms with E-state index in [1.807, 2.05) is 6.92 Å². The lowest BCUT2D eigenvalue weighted by Gasteiger charge is -2.05. The molecule has 0 heterocycles. The molecule has 0 saturated carbocycles. The zero-order valence-electron chi connectivity index (χ0n) is 11.7. The molecule has 0 aliphatic carbocycles. The fourth-order valence-corrected chi connectivity index (χ4v) is 2.82. The first kappa shape index (κ1) is 15.3. The van der Waals surface area contributed by atoms with Crippen LogP contribution in [0.4, 0.5) is 4.39 Å². The Balaban J connectivity index is 2.44. The standard InChI is InChI=1S/C16H15FO3S/c1-12-7-9-14(10-8-12)21(18,19)16(17)11-13-5-3-4-6-15(13)20-2/h3-11H,1-2H3/b16-11+. The molecular weight excluding hydrogens is 291 g/mol. The van der Waals surface area contributed by atoms with Crippen LogP contribution in [0.3, 0.4) is 0 Å². The van der Waals surface area contributed by atoms with Crippen LogP contribution in [0.2, 0.25) is 0 Å². The molecule has 0 N–H and O–H groups in total. The van der Waals surface area contributed by atoms with Gasteiger partial charge in [0.15, 0.2) is 0 Å². The van der Waals surface area contributed by atoms with Gasteiger partial charge in [-0.1, -0.05) is 35.9 Å². The second kappa shape index (κ2) is 6.10. The molecule has 0 unspecified atom stereocenters. The Labute approximate surface area is 123 Å². The van der Waals surface area contributed by atoms with E-state index in [-0.39, 0.29) is 4.90 Å². The molecule has 0 amide bonds. The van der Waals surface area contributed by atoms with Crippen molar-refractivity contribution in [3.05, 3.63) is 64.8 Å². The zero-order valence-corrected chi connectivity index (χ0v) is 12.5. The van der Waals surface area contributed by atoms with E-state index in [0.29, 0.717) is 11.3 Å². The van der Waals surface area contributed by atoms with Gasteiger partial charge in [0.25, 0.3) is 0 Å². The Morgan fingerprint density at radius 1 is 1.10 bits per heavy atom. The summed E-state index contributed by atoms with van der Waals surface area (Å²) in [7, 11) is -2.70. The molecule has 0 radical (unpaired) electrons. The van der Waals surface area contributed by atoms with E-state index in [9.17, 15) is 12.8 Å². The molecule has 0 atom stereocenters. The van der Waals surface area contributed by atoms with Gasteiger partial charge in [0.2, 0.25) is 15.0 Å². The third-order valence-corrected chi connectivity index (χ3v) is 4.52. The Hall–Kier alpha value is -2.14. The van der Waals surface area contributed by atoms with E-state index in [2.05, 4.69) is 0 Å². The monoisotopic (exact) mass is 306 g/mol. The van der Waals surface area contributed by atoms with E-state index >= 15 is 0 Å². The zero-order chi connectivity index (χ0) is 15.5. The Bertz CT molecular complexity index is 762. The number of ether oxygens (including phenoxy) is 1. The molecule has 2 aromatic carbocycles. The second-order valence-electron chi connectivity index (χ2n) is 4.51. The molecule has 2 aromatic rings. The van der Waals surface area contributed by atoms with E-state index in [4.69, 9.17) is 4.74 Å². The first-order chi connectivity index (χ1) is 9.95. The molecule has 0 bridgehead atoms. The predicted molar refractivity (Wildman–Crippen MR) is 80.4 cm³/mol. The smallest absolute Gasteiger partial charge is 0.233 e. The van der Waals surface area contributed by atoms with Crippen molar-refractivity contribution < 1.29 is 17.5 Å². The van der Waals surface area contributed by atoms with Crippen molar-refractivity contribution in [1.29, 1.82) is 0 Å². The minimum absolute atomic E-state index is 0.0725. The lowest BCUT2D eigenvalue weighted by Crippen LogP contribution is -2.01. The van der Waals surface area contributed by atoms with Crippen LogP contribution in [-0.4, -0.2) is 15.5 Å². The number of hydrogen-bond donors (Lipinski definition) is 0. The molecule has 0 aliphatic heterocycles. The molecule has 0 fully saturated rings. The van der Waals surface area contributed by atoms with Crippen LogP contribution in [0.15, 0.2) is 58.6 Å². The van der Waals surface area contributed by atoms with Gasteiger partial charge in [-0.25, -0.2) is 8.42 Å². The Morgan fingerprint density at radius 3 is 2.33 bits per heavy atom. The molecule has 2 rings (SSSR count). The van der Waals surface area contributed by atoms with Gasteiger partial charge in [0.1, 0.15) is 5.75 Å². The number of halogens is 1. The predicted octanol–water partition coefficient (Wildman–Crippen LogP) is 3.75. The number of para-hydroxylation sites is 1. The first-order valence-corrected chi connectivity index (χ1v) is 7.75. The van der Waals surface area contributed by atoms with Crippen molar-refractivity contribution in [2.24, 2.45) is 0 Å². The minimum Gasteiger partial charge on any atom is -0.496 e. The fourth-order valence-electron chi connectivity index (χ4n) is 1.82. The highest BCUT2D eigenvalue weighted by atomic mass is 32.2. The summed E-state index contributed by atoms with van der Waals surface area (Å²) in [5.74, 6) is 0.409. The van der Waals surface area contributed by atoms with Crippen molar-refractivity contribution >= 4 is 15.9 Å². The summed E-state index contributed by atoms with van der Waals surface area (Å²) in [6.45, 7) is 1.83. The molecular formula is C16H15FO3S. The summed E-state index contributed by atoms with van der Waals surface area (Å²) in [6, 6.07) is 12.7. The molecule has 0 spiro atoms. The fraction of sp³-hybridized carbons (Fsp3) is 0.125. The van der Waals surface area contributed by atoms with Gasteiger partial charge < -0.3 is 4.74 Å². The van der Waals surface area contributed by atoms with E-state index in [1.54, 1.807) is 36.4 Å². The highest BCUT2D eigenvalue weighted by Crippen LogP contribution is 2.26. The van der Waals surface area contributed by atoms with Crippen LogP contribution in [-0.2, 0) is 9.84 Å². The van der Waals surface area contributed by atoms with Crippen LogP contribution in [0.1, 0.15) is 11.1 Å². The Morgan fingerprint density at radius 2 is 1.71 bits per heavy atom. The lowest BCUT2D eigenvalue weighted by molar-refractivity contribution is 0.413. The van der Waals surface area contributed by atoms with Crippen molar-refractivity contribution in [2.45, 2.75) is 11.8 Å². The van der Waals surface area contributed by atoms with Crippen LogP contribution < -0.4 is 4.74 Å². The molecule has 21 heavy (non-hydrogen) atoms. The SMILES string of the molecule is COc1ccccc1/C=C(\F)S(=O)(=O)c1ccc(C)cc1. The number of sulfone groups is 1. The van der Waals surface area contributed by atoms with Crippen molar-refractivity contribution in [3.63, 3.8) is 0 Å². The maximum Gasteiger partial charge on any atom is 0.233 e. The van der Waals surface area contributed by atoms with Crippen LogP contribution in [0.5, 0.6) is 5.75 Å². The number of benzene rings is 2. The van der Waals surface area contributed by atoms with Crippen LogP contribution in [0, 0.1) is 6.92 Å². The van der Waals surface area contributed by atoms with E-state index in [0.717, 1.165) is 11.6 Å². The van der Waals surface area contributed by atoms with Gasteiger partial charge in [0, 0.05) is 5.56 Å². The number of aryl methyl sites for hydroxylation is 1. The van der Waals surface area contributed by atoms with E-state index < -0.39 is 15.0 Å². The summed E-state index contributed by atoms with van der Waals surface area (Å²) >= 11 is 0.